The highest BCUT2D eigenvalue weighted by Crippen LogP contribution is 2.28. The van der Waals surface area contributed by atoms with E-state index < -0.39 is 12.5 Å². The monoisotopic (exact) mass is 357 g/mol. The summed E-state index contributed by atoms with van der Waals surface area (Å²) in [6.07, 6.45) is 0. The molecule has 2 N–H and O–H groups in total. The van der Waals surface area contributed by atoms with Gasteiger partial charge in [-0.3, -0.25) is 4.79 Å². The third kappa shape index (κ3) is 3.91. The number of phenols is 1. The highest BCUT2D eigenvalue weighted by Gasteiger charge is 2.15. The summed E-state index contributed by atoms with van der Waals surface area (Å²) in [6, 6.07) is 10.1. The molecule has 0 unspecified atom stereocenters. The van der Waals surface area contributed by atoms with Gasteiger partial charge >= 0.3 is 6.61 Å². The predicted molar refractivity (Wildman–Crippen MR) is 76.8 cm³/mol. The number of hydrogen-bond donors (Lipinski definition) is 2. The number of carbonyl (C=O) groups is 1. The number of para-hydroxylation sites is 2. The van der Waals surface area contributed by atoms with E-state index in [0.717, 1.165) is 0 Å². The zero-order valence-corrected chi connectivity index (χ0v) is 12.1. The minimum Gasteiger partial charge on any atom is -0.507 e. The van der Waals surface area contributed by atoms with Gasteiger partial charge in [-0.05, 0) is 30.3 Å². The van der Waals surface area contributed by atoms with Crippen molar-refractivity contribution in [1.82, 2.24) is 0 Å². The van der Waals surface area contributed by atoms with E-state index in [2.05, 4.69) is 26.0 Å². The van der Waals surface area contributed by atoms with Crippen molar-refractivity contribution in [1.29, 1.82) is 0 Å². The Kier molecular flexibility index (Phi) is 4.74. The van der Waals surface area contributed by atoms with Crippen LogP contribution < -0.4 is 10.1 Å². The van der Waals surface area contributed by atoms with Crippen molar-refractivity contribution in [2.45, 2.75) is 6.61 Å². The third-order valence-corrected chi connectivity index (χ3v) is 3.05. The third-order valence-electron chi connectivity index (χ3n) is 2.55. The Balaban J connectivity index is 2.25. The molecule has 7 heteroatoms. The Labute approximate surface area is 127 Å². The van der Waals surface area contributed by atoms with Crippen LogP contribution >= 0.6 is 15.9 Å². The Bertz CT molecular complexity index is 664. The molecule has 2 aromatic rings. The smallest absolute Gasteiger partial charge is 0.387 e. The van der Waals surface area contributed by atoms with E-state index in [1.165, 1.54) is 30.3 Å². The number of aromatic hydroxyl groups is 1. The Morgan fingerprint density at radius 3 is 2.67 bits per heavy atom. The van der Waals surface area contributed by atoms with Crippen molar-refractivity contribution >= 4 is 27.5 Å². The number of anilines is 1. The molecule has 0 aromatic heterocycles. The maximum atomic E-state index is 12.3. The fourth-order valence-corrected chi connectivity index (χ4v) is 2.01. The number of hydrogen-bond acceptors (Lipinski definition) is 3. The van der Waals surface area contributed by atoms with Crippen molar-refractivity contribution in [2.24, 2.45) is 0 Å². The molecule has 110 valence electrons. The summed E-state index contributed by atoms with van der Waals surface area (Å²) in [5.41, 5.74) is 0.0957. The first-order chi connectivity index (χ1) is 9.97. The lowest BCUT2D eigenvalue weighted by Gasteiger charge is -2.12. The minimum atomic E-state index is -3.00. The molecular weight excluding hydrogens is 348 g/mol. The maximum Gasteiger partial charge on any atom is 0.387 e. The molecule has 0 saturated carbocycles. The van der Waals surface area contributed by atoms with Gasteiger partial charge in [-0.15, -0.1) is 0 Å². The number of alkyl halides is 2. The second-order valence-corrected chi connectivity index (χ2v) is 4.91. The van der Waals surface area contributed by atoms with Crippen LogP contribution in [0.3, 0.4) is 0 Å². The summed E-state index contributed by atoms with van der Waals surface area (Å²) in [6.45, 7) is -3.00. The van der Waals surface area contributed by atoms with Gasteiger partial charge < -0.3 is 15.2 Å². The van der Waals surface area contributed by atoms with Gasteiger partial charge in [0.1, 0.15) is 11.5 Å². The van der Waals surface area contributed by atoms with Crippen LogP contribution in [0.5, 0.6) is 11.5 Å². The van der Waals surface area contributed by atoms with Crippen LogP contribution in [0, 0.1) is 0 Å². The quantitative estimate of drug-likeness (QED) is 0.868. The summed E-state index contributed by atoms with van der Waals surface area (Å²) in [5, 5.41) is 12.1. The van der Waals surface area contributed by atoms with Gasteiger partial charge in [-0.1, -0.05) is 28.1 Å². The fourth-order valence-electron chi connectivity index (χ4n) is 1.65. The molecule has 0 aliphatic carbocycles. The SMILES string of the molecule is O=C(Nc1ccccc1OC(F)F)c1cc(Br)ccc1O. The van der Waals surface area contributed by atoms with Gasteiger partial charge in [-0.2, -0.15) is 8.78 Å². The van der Waals surface area contributed by atoms with Crippen LogP contribution in [-0.2, 0) is 0 Å². The number of rotatable bonds is 4. The van der Waals surface area contributed by atoms with Crippen LogP contribution in [0.4, 0.5) is 14.5 Å². The van der Waals surface area contributed by atoms with E-state index in [1.807, 2.05) is 0 Å². The average molecular weight is 358 g/mol. The number of amides is 1. The van der Waals surface area contributed by atoms with Crippen molar-refractivity contribution in [3.8, 4) is 11.5 Å². The first kappa shape index (κ1) is 15.2. The van der Waals surface area contributed by atoms with Gasteiger partial charge in [0.05, 0.1) is 11.3 Å². The molecule has 1 amide bonds. The molecular formula is C14H10BrF2NO3. The molecule has 4 nitrogen and oxygen atoms in total. The second-order valence-electron chi connectivity index (χ2n) is 3.99. The lowest BCUT2D eigenvalue weighted by Crippen LogP contribution is -2.14. The van der Waals surface area contributed by atoms with Crippen LogP contribution in [-0.4, -0.2) is 17.6 Å². The number of benzene rings is 2. The van der Waals surface area contributed by atoms with Crippen molar-refractivity contribution in [3.63, 3.8) is 0 Å². The van der Waals surface area contributed by atoms with E-state index in [4.69, 9.17) is 0 Å². The van der Waals surface area contributed by atoms with Crippen LogP contribution in [0.15, 0.2) is 46.9 Å². The summed E-state index contributed by atoms with van der Waals surface area (Å²) in [4.78, 5) is 12.1. The van der Waals surface area contributed by atoms with Gasteiger partial charge in [0.2, 0.25) is 0 Å². The van der Waals surface area contributed by atoms with Gasteiger partial charge in [-0.25, -0.2) is 0 Å². The largest absolute Gasteiger partial charge is 0.507 e. The van der Waals surface area contributed by atoms with Crippen LogP contribution in [0.2, 0.25) is 0 Å². The first-order valence-electron chi connectivity index (χ1n) is 5.81. The highest BCUT2D eigenvalue weighted by atomic mass is 79.9. The summed E-state index contributed by atoms with van der Waals surface area (Å²) in [7, 11) is 0. The summed E-state index contributed by atoms with van der Waals surface area (Å²) < 4.78 is 29.5. The highest BCUT2D eigenvalue weighted by molar-refractivity contribution is 9.10. The average Bonchev–Trinajstić information content (AvgIpc) is 2.43. The Morgan fingerprint density at radius 1 is 1.24 bits per heavy atom. The molecule has 0 aliphatic heterocycles. The first-order valence-corrected chi connectivity index (χ1v) is 6.60. The fraction of sp³-hybridized carbons (Fsp3) is 0.0714. The number of halogens is 3. The zero-order chi connectivity index (χ0) is 15.4. The lowest BCUT2D eigenvalue weighted by molar-refractivity contribution is -0.0493. The Morgan fingerprint density at radius 2 is 1.95 bits per heavy atom. The molecule has 0 radical (unpaired) electrons. The van der Waals surface area contributed by atoms with E-state index >= 15 is 0 Å². The van der Waals surface area contributed by atoms with Crippen molar-refractivity contribution in [2.75, 3.05) is 5.32 Å². The van der Waals surface area contributed by atoms with E-state index in [-0.39, 0.29) is 22.7 Å². The maximum absolute atomic E-state index is 12.3. The lowest BCUT2D eigenvalue weighted by atomic mass is 10.2. The normalized spacial score (nSPS) is 10.5. The minimum absolute atomic E-state index is 0.0104. The zero-order valence-electron chi connectivity index (χ0n) is 10.5. The van der Waals surface area contributed by atoms with E-state index in [9.17, 15) is 18.7 Å². The van der Waals surface area contributed by atoms with E-state index in [1.54, 1.807) is 12.1 Å². The van der Waals surface area contributed by atoms with Crippen LogP contribution in [0.1, 0.15) is 10.4 Å². The summed E-state index contributed by atoms with van der Waals surface area (Å²) >= 11 is 3.18. The number of nitrogens with one attached hydrogen (secondary N) is 1. The molecule has 2 rings (SSSR count). The van der Waals surface area contributed by atoms with Crippen molar-refractivity contribution in [3.05, 3.63) is 52.5 Å². The van der Waals surface area contributed by atoms with Crippen molar-refractivity contribution < 1.29 is 23.4 Å². The van der Waals surface area contributed by atoms with Gasteiger partial charge in [0.25, 0.3) is 5.91 Å². The van der Waals surface area contributed by atoms with Gasteiger partial charge in [0, 0.05) is 4.47 Å². The number of phenolic OH excluding ortho intramolecular Hbond substituents is 1. The van der Waals surface area contributed by atoms with Crippen LogP contribution in [0.25, 0.3) is 0 Å². The van der Waals surface area contributed by atoms with E-state index in [0.29, 0.717) is 4.47 Å². The number of ether oxygens (including phenoxy) is 1. The predicted octanol–water partition coefficient (Wildman–Crippen LogP) is 4.01. The number of carbonyl (C=O) groups excluding carboxylic acids is 1. The molecule has 0 spiro atoms. The molecule has 0 saturated heterocycles. The molecule has 0 fully saturated rings. The topological polar surface area (TPSA) is 58.6 Å². The molecule has 2 aromatic carbocycles. The summed E-state index contributed by atoms with van der Waals surface area (Å²) in [5.74, 6) is -1.02. The molecule has 21 heavy (non-hydrogen) atoms. The molecule has 0 aliphatic rings. The standard InChI is InChI=1S/C14H10BrF2NO3/c15-8-5-6-11(19)9(7-8)13(20)18-10-3-1-2-4-12(10)21-14(16)17/h1-7,14,19H,(H,18,20). The van der Waals surface area contributed by atoms with Gasteiger partial charge in [0.15, 0.2) is 0 Å². The molecule has 0 bridgehead atoms. The Hall–Kier alpha value is -2.15. The molecule has 0 heterocycles. The molecule has 0 atom stereocenters. The second kappa shape index (κ2) is 6.53.